The van der Waals surface area contributed by atoms with Crippen LogP contribution in [0.3, 0.4) is 0 Å². The molecule has 1 aliphatic heterocycles. The number of hydrogen-bond acceptors (Lipinski definition) is 7. The molecule has 8 nitrogen and oxygen atoms in total. The third-order valence-corrected chi connectivity index (χ3v) is 4.96. The lowest BCUT2D eigenvalue weighted by Crippen LogP contribution is -2.58. The van der Waals surface area contributed by atoms with Gasteiger partial charge in [0.2, 0.25) is 11.9 Å². The number of carbonyl (C=O) groups excluding carboxylic acids is 1. The third-order valence-electron chi connectivity index (χ3n) is 4.96. The van der Waals surface area contributed by atoms with E-state index in [9.17, 15) is 4.79 Å². The van der Waals surface area contributed by atoms with Gasteiger partial charge in [0.1, 0.15) is 5.66 Å². The Morgan fingerprint density at radius 1 is 1.15 bits per heavy atom. The second-order valence-corrected chi connectivity index (χ2v) is 6.80. The van der Waals surface area contributed by atoms with Gasteiger partial charge in [-0.1, -0.05) is 12.5 Å². The van der Waals surface area contributed by atoms with Crippen molar-refractivity contribution in [2.75, 3.05) is 10.2 Å². The first-order chi connectivity index (χ1) is 13.1. The lowest BCUT2D eigenvalue weighted by Gasteiger charge is -2.45. The SMILES string of the molecule is NC1=NC2(CCCCC2)N(c2cccc(NC(=O)c3ccco3)c2)C(N)=N1. The van der Waals surface area contributed by atoms with E-state index in [-0.39, 0.29) is 17.6 Å². The van der Waals surface area contributed by atoms with E-state index in [0.29, 0.717) is 11.6 Å². The Kier molecular flexibility index (Phi) is 4.31. The normalized spacial score (nSPS) is 18.7. The van der Waals surface area contributed by atoms with Crippen LogP contribution in [-0.2, 0) is 0 Å². The molecule has 1 aromatic carbocycles. The van der Waals surface area contributed by atoms with Gasteiger partial charge in [-0.15, -0.1) is 0 Å². The molecule has 27 heavy (non-hydrogen) atoms. The lowest BCUT2D eigenvalue weighted by molar-refractivity contribution is 0.0996. The highest BCUT2D eigenvalue weighted by Gasteiger charge is 2.42. The zero-order valence-corrected chi connectivity index (χ0v) is 14.9. The molecule has 2 heterocycles. The summed E-state index contributed by atoms with van der Waals surface area (Å²) >= 11 is 0. The number of furan rings is 1. The number of nitrogens with two attached hydrogens (primary N) is 2. The molecule has 0 atom stereocenters. The monoisotopic (exact) mass is 366 g/mol. The Bertz CT molecular complexity index is 897. The highest BCUT2D eigenvalue weighted by atomic mass is 16.3. The van der Waals surface area contributed by atoms with E-state index in [4.69, 9.17) is 15.9 Å². The van der Waals surface area contributed by atoms with Gasteiger partial charge in [0, 0.05) is 11.4 Å². The maximum Gasteiger partial charge on any atom is 0.291 e. The molecule has 1 amide bonds. The van der Waals surface area contributed by atoms with Gasteiger partial charge in [0.05, 0.1) is 6.26 Å². The number of amides is 1. The zero-order chi connectivity index (χ0) is 18.9. The van der Waals surface area contributed by atoms with Crippen LogP contribution in [0.1, 0.15) is 42.7 Å². The number of rotatable bonds is 3. The van der Waals surface area contributed by atoms with E-state index in [1.54, 1.807) is 12.1 Å². The fraction of sp³-hybridized carbons (Fsp3) is 0.316. The largest absolute Gasteiger partial charge is 0.459 e. The molecule has 1 aromatic heterocycles. The average molecular weight is 366 g/mol. The molecule has 4 rings (SSSR count). The molecule has 2 aromatic rings. The van der Waals surface area contributed by atoms with Gasteiger partial charge in [0.25, 0.3) is 5.91 Å². The topological polar surface area (TPSA) is 122 Å². The van der Waals surface area contributed by atoms with E-state index in [1.807, 2.05) is 29.2 Å². The number of anilines is 2. The molecule has 8 heteroatoms. The molecular weight excluding hydrogens is 344 g/mol. The Morgan fingerprint density at radius 3 is 2.70 bits per heavy atom. The van der Waals surface area contributed by atoms with Crippen LogP contribution >= 0.6 is 0 Å². The van der Waals surface area contributed by atoms with E-state index >= 15 is 0 Å². The molecule has 0 radical (unpaired) electrons. The zero-order valence-electron chi connectivity index (χ0n) is 14.9. The van der Waals surface area contributed by atoms with Crippen LogP contribution < -0.4 is 21.7 Å². The first kappa shape index (κ1) is 17.1. The third kappa shape index (κ3) is 3.25. The summed E-state index contributed by atoms with van der Waals surface area (Å²) in [6, 6.07) is 10.7. The molecule has 1 aliphatic carbocycles. The van der Waals surface area contributed by atoms with Crippen LogP contribution in [-0.4, -0.2) is 23.5 Å². The predicted molar refractivity (Wildman–Crippen MR) is 105 cm³/mol. The van der Waals surface area contributed by atoms with Crippen molar-refractivity contribution in [2.45, 2.75) is 37.8 Å². The molecule has 0 unspecified atom stereocenters. The molecule has 140 valence electrons. The second-order valence-electron chi connectivity index (χ2n) is 6.80. The highest BCUT2D eigenvalue weighted by molar-refractivity contribution is 6.06. The Hall–Kier alpha value is -3.29. The van der Waals surface area contributed by atoms with Gasteiger partial charge in [-0.05, 0) is 56.0 Å². The molecule has 0 saturated heterocycles. The van der Waals surface area contributed by atoms with Crippen LogP contribution in [0.2, 0.25) is 0 Å². The number of benzene rings is 1. The highest BCUT2D eigenvalue weighted by Crippen LogP contribution is 2.39. The number of hydrogen-bond donors (Lipinski definition) is 3. The number of carbonyl (C=O) groups is 1. The molecule has 0 bridgehead atoms. The number of nitrogens with one attached hydrogen (secondary N) is 1. The number of aliphatic imine (C=N–C) groups is 2. The van der Waals surface area contributed by atoms with Gasteiger partial charge in [-0.25, -0.2) is 4.99 Å². The first-order valence-corrected chi connectivity index (χ1v) is 9.02. The van der Waals surface area contributed by atoms with Gasteiger partial charge >= 0.3 is 0 Å². The first-order valence-electron chi connectivity index (χ1n) is 9.02. The van der Waals surface area contributed by atoms with E-state index in [2.05, 4.69) is 15.3 Å². The molecule has 1 spiro atoms. The lowest BCUT2D eigenvalue weighted by atomic mass is 9.87. The van der Waals surface area contributed by atoms with Crippen LogP contribution in [0.15, 0.2) is 57.1 Å². The van der Waals surface area contributed by atoms with Gasteiger partial charge in [-0.2, -0.15) is 4.99 Å². The van der Waals surface area contributed by atoms with Crippen LogP contribution in [0.4, 0.5) is 11.4 Å². The molecular formula is C19H22N6O2. The predicted octanol–water partition coefficient (Wildman–Crippen LogP) is 2.64. The van der Waals surface area contributed by atoms with Crippen LogP contribution in [0, 0.1) is 0 Å². The minimum absolute atomic E-state index is 0.216. The fourth-order valence-electron chi connectivity index (χ4n) is 3.82. The van der Waals surface area contributed by atoms with Crippen molar-refractivity contribution in [1.29, 1.82) is 0 Å². The minimum Gasteiger partial charge on any atom is -0.459 e. The van der Waals surface area contributed by atoms with Gasteiger partial charge < -0.3 is 21.2 Å². The summed E-state index contributed by atoms with van der Waals surface area (Å²) in [6.07, 6.45) is 6.44. The second kappa shape index (κ2) is 6.79. The number of nitrogens with zero attached hydrogens (tertiary/aromatic N) is 3. The number of guanidine groups is 2. The summed E-state index contributed by atoms with van der Waals surface area (Å²) in [7, 11) is 0. The fourth-order valence-corrected chi connectivity index (χ4v) is 3.82. The van der Waals surface area contributed by atoms with Crippen LogP contribution in [0.5, 0.6) is 0 Å². The Morgan fingerprint density at radius 2 is 1.96 bits per heavy atom. The summed E-state index contributed by atoms with van der Waals surface area (Å²) in [4.78, 5) is 23.0. The summed E-state index contributed by atoms with van der Waals surface area (Å²) < 4.78 is 5.14. The van der Waals surface area contributed by atoms with Crippen molar-refractivity contribution in [3.05, 3.63) is 48.4 Å². The van der Waals surface area contributed by atoms with Crippen LogP contribution in [0.25, 0.3) is 0 Å². The molecule has 1 saturated carbocycles. The van der Waals surface area contributed by atoms with Crippen molar-refractivity contribution >= 4 is 29.2 Å². The summed E-state index contributed by atoms with van der Waals surface area (Å²) in [5, 5.41) is 2.84. The summed E-state index contributed by atoms with van der Waals surface area (Å²) in [6.45, 7) is 0. The van der Waals surface area contributed by atoms with Gasteiger partial charge in [0.15, 0.2) is 5.76 Å². The van der Waals surface area contributed by atoms with Crippen molar-refractivity contribution in [3.8, 4) is 0 Å². The summed E-state index contributed by atoms with van der Waals surface area (Å²) in [5.41, 5.74) is 13.1. The Labute approximate surface area is 156 Å². The van der Waals surface area contributed by atoms with E-state index in [1.165, 1.54) is 12.7 Å². The van der Waals surface area contributed by atoms with Crippen molar-refractivity contribution in [3.63, 3.8) is 0 Å². The molecule has 5 N–H and O–H groups in total. The van der Waals surface area contributed by atoms with E-state index in [0.717, 1.165) is 31.4 Å². The standard InChI is InChI=1S/C19H22N6O2/c20-17-23-18(21)25(19(24-17)9-2-1-3-10-19)14-7-4-6-13(12-14)22-16(26)15-8-5-11-27-15/h4-8,11-12H,1-3,9-10H2,(H,22,26)(H4,20,21,23,24). The molecule has 1 fully saturated rings. The van der Waals surface area contributed by atoms with Crippen molar-refractivity contribution in [1.82, 2.24) is 0 Å². The van der Waals surface area contributed by atoms with Crippen molar-refractivity contribution in [2.24, 2.45) is 21.5 Å². The smallest absolute Gasteiger partial charge is 0.291 e. The average Bonchev–Trinajstić information content (AvgIpc) is 3.17. The van der Waals surface area contributed by atoms with Gasteiger partial charge in [-0.3, -0.25) is 9.69 Å². The summed E-state index contributed by atoms with van der Waals surface area (Å²) in [5.74, 6) is 0.472. The maximum absolute atomic E-state index is 12.3. The Balaban J connectivity index is 1.65. The van der Waals surface area contributed by atoms with Crippen molar-refractivity contribution < 1.29 is 9.21 Å². The minimum atomic E-state index is -0.516. The maximum atomic E-state index is 12.3. The quantitative estimate of drug-likeness (QED) is 0.771. The van der Waals surface area contributed by atoms with E-state index < -0.39 is 5.66 Å². The molecule has 2 aliphatic rings.